The van der Waals surface area contributed by atoms with Crippen LogP contribution in [0.5, 0.6) is 0 Å². The quantitative estimate of drug-likeness (QED) is 0.590. The third-order valence-corrected chi connectivity index (χ3v) is 4.85. The first kappa shape index (κ1) is 18.3. The molecule has 124 valence electrons. The topological polar surface area (TPSA) is 29.5 Å². The van der Waals surface area contributed by atoms with Gasteiger partial charge in [0, 0.05) is 12.1 Å². The van der Waals surface area contributed by atoms with Crippen LogP contribution in [-0.4, -0.2) is 28.7 Å². The van der Waals surface area contributed by atoms with Gasteiger partial charge < -0.3 is 9.64 Å². The standard InChI is InChI=1S/C18H35NO2/c1-7-9-10-11-12-15(8-2)18(6)13-14-19(18)16(20)21-17(3,4)5/h15H,7-14H2,1-6H3. The van der Waals surface area contributed by atoms with Crippen LogP contribution in [0.1, 0.15) is 86.5 Å². The van der Waals surface area contributed by atoms with Gasteiger partial charge >= 0.3 is 6.09 Å². The van der Waals surface area contributed by atoms with E-state index < -0.39 is 5.60 Å². The van der Waals surface area contributed by atoms with E-state index in [-0.39, 0.29) is 11.6 Å². The summed E-state index contributed by atoms with van der Waals surface area (Å²) in [4.78, 5) is 14.3. The van der Waals surface area contributed by atoms with Gasteiger partial charge in [-0.15, -0.1) is 0 Å². The molecule has 0 radical (unpaired) electrons. The molecule has 1 rings (SSSR count). The van der Waals surface area contributed by atoms with Crippen molar-refractivity contribution < 1.29 is 9.53 Å². The zero-order chi connectivity index (χ0) is 16.1. The molecule has 1 aliphatic rings. The van der Waals surface area contributed by atoms with E-state index in [1.165, 1.54) is 32.1 Å². The van der Waals surface area contributed by atoms with E-state index in [0.29, 0.717) is 5.92 Å². The Labute approximate surface area is 131 Å². The minimum absolute atomic E-state index is 0.00327. The molecule has 1 saturated heterocycles. The number of likely N-dealkylation sites (tertiary alicyclic amines) is 1. The maximum absolute atomic E-state index is 12.4. The fraction of sp³-hybridized carbons (Fsp3) is 0.944. The van der Waals surface area contributed by atoms with Crippen molar-refractivity contribution in [2.75, 3.05) is 6.54 Å². The molecule has 0 aliphatic carbocycles. The molecule has 3 heteroatoms. The van der Waals surface area contributed by atoms with Gasteiger partial charge in [-0.25, -0.2) is 4.79 Å². The van der Waals surface area contributed by atoms with Gasteiger partial charge in [0.1, 0.15) is 5.60 Å². The molecule has 0 saturated carbocycles. The molecule has 3 nitrogen and oxygen atoms in total. The zero-order valence-corrected chi connectivity index (χ0v) is 15.0. The van der Waals surface area contributed by atoms with E-state index in [9.17, 15) is 4.79 Å². The first-order valence-electron chi connectivity index (χ1n) is 8.75. The summed E-state index contributed by atoms with van der Waals surface area (Å²) in [6.07, 6.45) is 8.54. The molecule has 0 aromatic heterocycles. The van der Waals surface area contributed by atoms with E-state index in [4.69, 9.17) is 4.74 Å². The predicted octanol–water partition coefficient (Wildman–Crippen LogP) is 5.38. The summed E-state index contributed by atoms with van der Waals surface area (Å²) in [5, 5.41) is 0. The van der Waals surface area contributed by atoms with E-state index >= 15 is 0 Å². The van der Waals surface area contributed by atoms with E-state index in [2.05, 4.69) is 20.8 Å². The molecule has 0 bridgehead atoms. The summed E-state index contributed by atoms with van der Waals surface area (Å²) in [7, 11) is 0. The highest BCUT2D eigenvalue weighted by Gasteiger charge is 2.49. The summed E-state index contributed by atoms with van der Waals surface area (Å²) < 4.78 is 5.56. The summed E-state index contributed by atoms with van der Waals surface area (Å²) in [5.74, 6) is 0.593. The van der Waals surface area contributed by atoms with Crippen LogP contribution < -0.4 is 0 Å². The molecule has 0 aromatic rings. The Bertz CT molecular complexity index is 335. The Kier molecular flexibility index (Phi) is 6.55. The van der Waals surface area contributed by atoms with Gasteiger partial charge in [-0.3, -0.25) is 0 Å². The highest BCUT2D eigenvalue weighted by Crippen LogP contribution is 2.42. The summed E-state index contributed by atoms with van der Waals surface area (Å²) in [5.41, 5.74) is -0.403. The monoisotopic (exact) mass is 297 g/mol. The van der Waals surface area contributed by atoms with Crippen LogP contribution in [0.15, 0.2) is 0 Å². The van der Waals surface area contributed by atoms with Gasteiger partial charge in [0.15, 0.2) is 0 Å². The highest BCUT2D eigenvalue weighted by atomic mass is 16.6. The molecule has 2 unspecified atom stereocenters. The molecule has 1 fully saturated rings. The second kappa shape index (κ2) is 7.51. The second-order valence-corrected chi connectivity index (χ2v) is 7.69. The normalized spacial score (nSPS) is 23.6. The first-order chi connectivity index (χ1) is 9.74. The van der Waals surface area contributed by atoms with Crippen LogP contribution >= 0.6 is 0 Å². The molecule has 2 atom stereocenters. The van der Waals surface area contributed by atoms with Crippen molar-refractivity contribution >= 4 is 6.09 Å². The lowest BCUT2D eigenvalue weighted by atomic mass is 9.72. The molecule has 0 N–H and O–H groups in total. The number of hydrogen-bond donors (Lipinski definition) is 0. The van der Waals surface area contributed by atoms with E-state index in [1.54, 1.807) is 0 Å². The molecule has 0 aromatic carbocycles. The van der Waals surface area contributed by atoms with E-state index in [0.717, 1.165) is 19.4 Å². The zero-order valence-electron chi connectivity index (χ0n) is 15.0. The Morgan fingerprint density at radius 1 is 1.24 bits per heavy atom. The van der Waals surface area contributed by atoms with Crippen LogP contribution in [-0.2, 0) is 4.74 Å². The fourth-order valence-corrected chi connectivity index (χ4v) is 3.39. The van der Waals surface area contributed by atoms with Gasteiger partial charge in [0.2, 0.25) is 0 Å². The summed E-state index contributed by atoms with van der Waals surface area (Å²) >= 11 is 0. The smallest absolute Gasteiger partial charge is 0.410 e. The number of ether oxygens (including phenoxy) is 1. The second-order valence-electron chi connectivity index (χ2n) is 7.69. The first-order valence-corrected chi connectivity index (χ1v) is 8.75. The van der Waals surface area contributed by atoms with Crippen molar-refractivity contribution in [3.8, 4) is 0 Å². The molecule has 21 heavy (non-hydrogen) atoms. The lowest BCUT2D eigenvalue weighted by Gasteiger charge is -2.54. The lowest BCUT2D eigenvalue weighted by Crippen LogP contribution is -2.64. The minimum atomic E-state index is -0.406. The number of amides is 1. The average Bonchev–Trinajstić information content (AvgIpc) is 2.34. The van der Waals surface area contributed by atoms with Crippen LogP contribution in [0, 0.1) is 5.92 Å². The number of nitrogens with zero attached hydrogens (tertiary/aromatic N) is 1. The van der Waals surface area contributed by atoms with Gasteiger partial charge in [0.05, 0.1) is 0 Å². The van der Waals surface area contributed by atoms with Crippen molar-refractivity contribution in [2.45, 2.75) is 97.6 Å². The molecular formula is C18H35NO2. The highest BCUT2D eigenvalue weighted by molar-refractivity contribution is 5.70. The van der Waals surface area contributed by atoms with Gasteiger partial charge in [-0.05, 0) is 46.5 Å². The lowest BCUT2D eigenvalue weighted by molar-refractivity contribution is -0.0646. The van der Waals surface area contributed by atoms with Crippen LogP contribution in [0.4, 0.5) is 4.79 Å². The number of carbonyl (C=O) groups is 1. The van der Waals surface area contributed by atoms with Crippen molar-refractivity contribution in [1.82, 2.24) is 4.90 Å². The molecule has 1 aliphatic heterocycles. The molecular weight excluding hydrogens is 262 g/mol. The fourth-order valence-electron chi connectivity index (χ4n) is 3.39. The number of carbonyl (C=O) groups excluding carboxylic acids is 1. The van der Waals surface area contributed by atoms with Crippen molar-refractivity contribution in [3.05, 3.63) is 0 Å². The van der Waals surface area contributed by atoms with Crippen LogP contribution in [0.2, 0.25) is 0 Å². The summed E-state index contributed by atoms with van der Waals surface area (Å²) in [6.45, 7) is 13.4. The number of unbranched alkanes of at least 4 members (excludes halogenated alkanes) is 3. The van der Waals surface area contributed by atoms with Crippen molar-refractivity contribution in [1.29, 1.82) is 0 Å². The Hall–Kier alpha value is -0.730. The Morgan fingerprint density at radius 2 is 1.90 bits per heavy atom. The molecule has 1 amide bonds. The number of rotatable bonds is 7. The van der Waals surface area contributed by atoms with Crippen molar-refractivity contribution in [3.63, 3.8) is 0 Å². The maximum Gasteiger partial charge on any atom is 0.410 e. The van der Waals surface area contributed by atoms with Crippen molar-refractivity contribution in [2.24, 2.45) is 5.92 Å². The average molecular weight is 297 g/mol. The third kappa shape index (κ3) is 4.89. The van der Waals surface area contributed by atoms with Crippen LogP contribution in [0.3, 0.4) is 0 Å². The van der Waals surface area contributed by atoms with Crippen LogP contribution in [0.25, 0.3) is 0 Å². The third-order valence-electron chi connectivity index (χ3n) is 4.85. The molecule has 1 heterocycles. The number of hydrogen-bond acceptors (Lipinski definition) is 2. The van der Waals surface area contributed by atoms with Gasteiger partial charge in [0.25, 0.3) is 0 Å². The predicted molar refractivity (Wildman–Crippen MR) is 88.5 cm³/mol. The SMILES string of the molecule is CCCCCCC(CC)C1(C)CCN1C(=O)OC(C)(C)C. The molecule has 0 spiro atoms. The van der Waals surface area contributed by atoms with Gasteiger partial charge in [-0.1, -0.05) is 46.0 Å². The maximum atomic E-state index is 12.4. The largest absolute Gasteiger partial charge is 0.444 e. The Balaban J connectivity index is 2.59. The Morgan fingerprint density at radius 3 is 2.33 bits per heavy atom. The summed E-state index contributed by atoms with van der Waals surface area (Å²) in [6, 6.07) is 0. The van der Waals surface area contributed by atoms with Gasteiger partial charge in [-0.2, -0.15) is 0 Å². The minimum Gasteiger partial charge on any atom is -0.444 e. The van der Waals surface area contributed by atoms with E-state index in [1.807, 2.05) is 25.7 Å².